The summed E-state index contributed by atoms with van der Waals surface area (Å²) in [5, 5.41) is 0. The van der Waals surface area contributed by atoms with E-state index in [4.69, 9.17) is 9.47 Å². The second-order valence-electron chi connectivity index (χ2n) is 7.17. The summed E-state index contributed by atoms with van der Waals surface area (Å²) in [4.78, 5) is 40.4. The molecule has 0 atom stereocenters. The Morgan fingerprint density at radius 1 is 0.938 bits per heavy atom. The van der Waals surface area contributed by atoms with Crippen LogP contribution in [0.5, 0.6) is 5.75 Å². The van der Waals surface area contributed by atoms with E-state index in [0.29, 0.717) is 43.9 Å². The number of amides is 2. The van der Waals surface area contributed by atoms with E-state index in [1.165, 1.54) is 0 Å². The van der Waals surface area contributed by atoms with Crippen molar-refractivity contribution in [2.24, 2.45) is 0 Å². The number of nitrogens with zero attached hydrogens (tertiary/aromatic N) is 2. The average molecular weight is 501 g/mol. The molecule has 32 heavy (non-hydrogen) atoms. The van der Waals surface area contributed by atoms with Crippen molar-refractivity contribution in [2.75, 3.05) is 32.8 Å². The van der Waals surface area contributed by atoms with Gasteiger partial charge >= 0.3 is 6.16 Å². The van der Waals surface area contributed by atoms with Gasteiger partial charge in [-0.05, 0) is 61.4 Å². The molecule has 7 nitrogen and oxygen atoms in total. The molecular weight excluding hydrogens is 476 g/mol. The van der Waals surface area contributed by atoms with Crippen LogP contribution in [0.4, 0.5) is 4.79 Å². The molecule has 0 radical (unpaired) electrons. The molecule has 3 rings (SSSR count). The predicted molar refractivity (Wildman–Crippen MR) is 124 cm³/mol. The first-order valence-corrected chi connectivity index (χ1v) is 11.2. The molecule has 0 aromatic heterocycles. The van der Waals surface area contributed by atoms with Crippen LogP contribution in [-0.4, -0.2) is 60.6 Å². The Morgan fingerprint density at radius 2 is 1.59 bits per heavy atom. The van der Waals surface area contributed by atoms with E-state index in [2.05, 4.69) is 15.9 Å². The Labute approximate surface area is 195 Å². The molecule has 1 aliphatic rings. The lowest BCUT2D eigenvalue weighted by Gasteiger charge is -2.21. The van der Waals surface area contributed by atoms with Crippen molar-refractivity contribution in [3.63, 3.8) is 0 Å². The van der Waals surface area contributed by atoms with Gasteiger partial charge in [0.1, 0.15) is 5.75 Å². The zero-order valence-electron chi connectivity index (χ0n) is 17.8. The van der Waals surface area contributed by atoms with Gasteiger partial charge in [0.2, 0.25) is 5.91 Å². The Bertz CT molecular complexity index is 973. The lowest BCUT2D eigenvalue weighted by atomic mass is 10.2. The molecule has 2 amide bonds. The molecule has 1 fully saturated rings. The third-order valence-corrected chi connectivity index (χ3v) is 5.48. The third kappa shape index (κ3) is 6.68. The van der Waals surface area contributed by atoms with E-state index < -0.39 is 6.16 Å². The highest BCUT2D eigenvalue weighted by atomic mass is 79.9. The fourth-order valence-electron chi connectivity index (χ4n) is 3.28. The van der Waals surface area contributed by atoms with Crippen LogP contribution in [0, 0.1) is 0 Å². The molecule has 8 heteroatoms. The number of halogens is 1. The Morgan fingerprint density at radius 3 is 2.28 bits per heavy atom. The summed E-state index contributed by atoms with van der Waals surface area (Å²) in [6, 6.07) is 14.1. The van der Waals surface area contributed by atoms with Gasteiger partial charge in [0.25, 0.3) is 5.91 Å². The SMILES string of the molecule is CCOC(=O)Oc1ccc(C(=O)N2CCCN(C(=O)/C=C/c3ccc(Br)cc3)CC2)cc1. The first-order chi connectivity index (χ1) is 15.5. The molecule has 0 unspecified atom stereocenters. The smallest absolute Gasteiger partial charge is 0.434 e. The van der Waals surface area contributed by atoms with Crippen LogP contribution in [0.1, 0.15) is 29.3 Å². The van der Waals surface area contributed by atoms with Crippen molar-refractivity contribution in [3.05, 3.63) is 70.2 Å². The van der Waals surface area contributed by atoms with Gasteiger partial charge in [0, 0.05) is 42.3 Å². The first kappa shape index (κ1) is 23.5. The Kier molecular flexibility index (Phi) is 8.44. The third-order valence-electron chi connectivity index (χ3n) is 4.95. The minimum Gasteiger partial charge on any atom is -0.434 e. The van der Waals surface area contributed by atoms with Gasteiger partial charge in [-0.2, -0.15) is 0 Å². The Balaban J connectivity index is 1.54. The number of benzene rings is 2. The van der Waals surface area contributed by atoms with Crippen molar-refractivity contribution < 1.29 is 23.9 Å². The van der Waals surface area contributed by atoms with E-state index in [1.807, 2.05) is 24.3 Å². The van der Waals surface area contributed by atoms with E-state index in [1.54, 1.807) is 53.1 Å². The van der Waals surface area contributed by atoms with Gasteiger partial charge in [0.15, 0.2) is 0 Å². The van der Waals surface area contributed by atoms with Crippen LogP contribution >= 0.6 is 15.9 Å². The van der Waals surface area contributed by atoms with Gasteiger partial charge in [0.05, 0.1) is 6.61 Å². The standard InChI is InChI=1S/C24H25BrN2O5/c1-2-31-24(30)32-21-11-7-19(8-12-21)23(29)27-15-3-14-26(16-17-27)22(28)13-6-18-4-9-20(25)10-5-18/h4-13H,2-3,14-17H2,1H3/b13-6+. The monoisotopic (exact) mass is 500 g/mol. The topological polar surface area (TPSA) is 76.2 Å². The van der Waals surface area contributed by atoms with Gasteiger partial charge in [-0.3, -0.25) is 9.59 Å². The maximum Gasteiger partial charge on any atom is 0.513 e. The van der Waals surface area contributed by atoms with E-state index in [-0.39, 0.29) is 18.4 Å². The molecular formula is C24H25BrN2O5. The van der Waals surface area contributed by atoms with Crippen LogP contribution < -0.4 is 4.74 Å². The summed E-state index contributed by atoms with van der Waals surface area (Å²) < 4.78 is 10.7. The second-order valence-corrected chi connectivity index (χ2v) is 8.08. The molecule has 1 heterocycles. The average Bonchev–Trinajstić information content (AvgIpc) is 3.05. The van der Waals surface area contributed by atoms with E-state index in [0.717, 1.165) is 10.0 Å². The van der Waals surface area contributed by atoms with Gasteiger partial charge < -0.3 is 19.3 Å². The minimum atomic E-state index is -0.780. The van der Waals surface area contributed by atoms with Gasteiger partial charge in [-0.1, -0.05) is 28.1 Å². The number of ether oxygens (including phenoxy) is 2. The molecule has 168 valence electrons. The molecule has 0 N–H and O–H groups in total. The van der Waals surface area contributed by atoms with Crippen LogP contribution in [0.25, 0.3) is 6.08 Å². The number of rotatable bonds is 5. The zero-order valence-corrected chi connectivity index (χ0v) is 19.4. The fourth-order valence-corrected chi connectivity index (χ4v) is 3.54. The lowest BCUT2D eigenvalue weighted by Crippen LogP contribution is -2.36. The summed E-state index contributed by atoms with van der Waals surface area (Å²) in [5.74, 6) is 0.125. The van der Waals surface area contributed by atoms with Crippen molar-refractivity contribution in [1.29, 1.82) is 0 Å². The van der Waals surface area contributed by atoms with E-state index in [9.17, 15) is 14.4 Å². The predicted octanol–water partition coefficient (Wildman–Crippen LogP) is 4.37. The molecule has 0 spiro atoms. The number of carbonyl (C=O) groups is 3. The highest BCUT2D eigenvalue weighted by Gasteiger charge is 2.22. The maximum atomic E-state index is 12.9. The Hall–Kier alpha value is -3.13. The summed E-state index contributed by atoms with van der Waals surface area (Å²) in [6.45, 7) is 4.01. The van der Waals surface area contributed by atoms with Crippen molar-refractivity contribution in [2.45, 2.75) is 13.3 Å². The minimum absolute atomic E-state index is 0.0670. The normalized spacial score (nSPS) is 14.2. The van der Waals surface area contributed by atoms with Crippen LogP contribution in [0.3, 0.4) is 0 Å². The van der Waals surface area contributed by atoms with Crippen LogP contribution in [0.2, 0.25) is 0 Å². The number of carbonyl (C=O) groups excluding carboxylic acids is 3. The molecule has 0 bridgehead atoms. The largest absolute Gasteiger partial charge is 0.513 e. The molecule has 2 aromatic carbocycles. The molecule has 2 aromatic rings. The van der Waals surface area contributed by atoms with Crippen molar-refractivity contribution in [3.8, 4) is 5.75 Å². The van der Waals surface area contributed by atoms with Crippen LogP contribution in [-0.2, 0) is 9.53 Å². The zero-order chi connectivity index (χ0) is 22.9. The highest BCUT2D eigenvalue weighted by molar-refractivity contribution is 9.10. The summed E-state index contributed by atoms with van der Waals surface area (Å²) in [6.07, 6.45) is 3.29. The first-order valence-electron chi connectivity index (χ1n) is 10.4. The summed E-state index contributed by atoms with van der Waals surface area (Å²) in [7, 11) is 0. The van der Waals surface area contributed by atoms with Gasteiger partial charge in [-0.25, -0.2) is 4.79 Å². The van der Waals surface area contributed by atoms with Crippen molar-refractivity contribution >= 4 is 40.0 Å². The summed E-state index contributed by atoms with van der Waals surface area (Å²) >= 11 is 3.39. The molecule has 1 saturated heterocycles. The number of hydrogen-bond donors (Lipinski definition) is 0. The van der Waals surface area contributed by atoms with Gasteiger partial charge in [-0.15, -0.1) is 0 Å². The maximum absolute atomic E-state index is 12.9. The highest BCUT2D eigenvalue weighted by Crippen LogP contribution is 2.16. The van der Waals surface area contributed by atoms with Crippen molar-refractivity contribution in [1.82, 2.24) is 9.80 Å². The quantitative estimate of drug-likeness (QED) is 0.346. The van der Waals surface area contributed by atoms with Crippen LogP contribution in [0.15, 0.2) is 59.1 Å². The lowest BCUT2D eigenvalue weighted by molar-refractivity contribution is -0.125. The second kappa shape index (κ2) is 11.5. The molecule has 0 saturated carbocycles. The molecule has 1 aliphatic heterocycles. The number of hydrogen-bond acceptors (Lipinski definition) is 5. The molecule has 0 aliphatic carbocycles. The summed E-state index contributed by atoms with van der Waals surface area (Å²) in [5.41, 5.74) is 1.44. The van der Waals surface area contributed by atoms with E-state index >= 15 is 0 Å². The fraction of sp³-hybridized carbons (Fsp3) is 0.292.